The van der Waals surface area contributed by atoms with Crippen LogP contribution in [0, 0.1) is 5.92 Å². The van der Waals surface area contributed by atoms with Crippen LogP contribution in [0.1, 0.15) is 30.9 Å². The SMILES string of the molecule is CC(=O)C[C@H]1CN(C(=O)O)CC[C@H]1N(Cc1ccccc1)C(=O)OCc1ccccc1. The predicted octanol–water partition coefficient (Wildman–Crippen LogP) is 4.17. The van der Waals surface area contributed by atoms with Gasteiger partial charge in [0, 0.05) is 38.0 Å². The minimum Gasteiger partial charge on any atom is -0.465 e. The molecule has 31 heavy (non-hydrogen) atoms. The molecule has 2 aromatic carbocycles. The van der Waals surface area contributed by atoms with Crippen molar-refractivity contribution in [1.82, 2.24) is 9.80 Å². The van der Waals surface area contributed by atoms with Crippen molar-refractivity contribution < 1.29 is 24.2 Å². The van der Waals surface area contributed by atoms with Gasteiger partial charge in [-0.15, -0.1) is 0 Å². The van der Waals surface area contributed by atoms with Crippen LogP contribution in [0.25, 0.3) is 0 Å². The second-order valence-corrected chi connectivity index (χ2v) is 7.90. The molecule has 0 radical (unpaired) electrons. The molecule has 0 spiro atoms. The molecule has 7 heteroatoms. The molecule has 1 aliphatic rings. The van der Waals surface area contributed by atoms with Gasteiger partial charge in [0.15, 0.2) is 0 Å². The molecule has 2 atom stereocenters. The number of carbonyl (C=O) groups excluding carboxylic acids is 2. The van der Waals surface area contributed by atoms with E-state index in [9.17, 15) is 19.5 Å². The van der Waals surface area contributed by atoms with E-state index >= 15 is 0 Å². The average molecular weight is 424 g/mol. The Hall–Kier alpha value is -3.35. The molecule has 164 valence electrons. The maximum absolute atomic E-state index is 13.2. The second-order valence-electron chi connectivity index (χ2n) is 7.90. The van der Waals surface area contributed by atoms with Crippen LogP contribution in [-0.4, -0.2) is 52.0 Å². The third kappa shape index (κ3) is 6.31. The molecule has 0 unspecified atom stereocenters. The van der Waals surface area contributed by atoms with Gasteiger partial charge in [-0.2, -0.15) is 0 Å². The van der Waals surface area contributed by atoms with Gasteiger partial charge in [0.05, 0.1) is 0 Å². The van der Waals surface area contributed by atoms with Gasteiger partial charge >= 0.3 is 12.2 Å². The first-order valence-electron chi connectivity index (χ1n) is 10.4. The smallest absolute Gasteiger partial charge is 0.410 e. The number of piperidine rings is 1. The first kappa shape index (κ1) is 22.3. The predicted molar refractivity (Wildman–Crippen MR) is 115 cm³/mol. The topological polar surface area (TPSA) is 87.2 Å². The zero-order valence-corrected chi connectivity index (χ0v) is 17.6. The van der Waals surface area contributed by atoms with Crippen molar-refractivity contribution in [1.29, 1.82) is 0 Å². The Bertz CT molecular complexity index is 887. The highest BCUT2D eigenvalue weighted by Gasteiger charge is 2.38. The number of rotatable bonds is 7. The van der Waals surface area contributed by atoms with Crippen molar-refractivity contribution in [2.45, 2.75) is 39.0 Å². The van der Waals surface area contributed by atoms with Crippen LogP contribution in [0.4, 0.5) is 9.59 Å². The first-order valence-corrected chi connectivity index (χ1v) is 10.4. The van der Waals surface area contributed by atoms with E-state index in [0.717, 1.165) is 11.1 Å². The summed E-state index contributed by atoms with van der Waals surface area (Å²) in [6, 6.07) is 18.7. The van der Waals surface area contributed by atoms with E-state index < -0.39 is 12.2 Å². The van der Waals surface area contributed by atoms with E-state index in [-0.39, 0.29) is 37.3 Å². The van der Waals surface area contributed by atoms with Crippen LogP contribution >= 0.6 is 0 Å². The third-order valence-corrected chi connectivity index (χ3v) is 5.55. The monoisotopic (exact) mass is 424 g/mol. The molecule has 2 aromatic rings. The van der Waals surface area contributed by atoms with Crippen LogP contribution in [0.2, 0.25) is 0 Å². The highest BCUT2D eigenvalue weighted by Crippen LogP contribution is 2.28. The number of hydrogen-bond acceptors (Lipinski definition) is 4. The number of carbonyl (C=O) groups is 3. The zero-order chi connectivity index (χ0) is 22.2. The lowest BCUT2D eigenvalue weighted by Gasteiger charge is -2.42. The molecule has 1 saturated heterocycles. The normalized spacial score (nSPS) is 18.3. The summed E-state index contributed by atoms with van der Waals surface area (Å²) in [4.78, 5) is 39.5. The summed E-state index contributed by atoms with van der Waals surface area (Å²) in [6.07, 6.45) is -0.799. The number of ketones is 1. The fourth-order valence-electron chi connectivity index (χ4n) is 4.07. The molecule has 1 aliphatic heterocycles. The largest absolute Gasteiger partial charge is 0.465 e. The van der Waals surface area contributed by atoms with Crippen molar-refractivity contribution in [2.75, 3.05) is 13.1 Å². The van der Waals surface area contributed by atoms with Crippen LogP contribution in [0.3, 0.4) is 0 Å². The molecule has 0 aromatic heterocycles. The van der Waals surface area contributed by atoms with Gasteiger partial charge in [0.2, 0.25) is 0 Å². The van der Waals surface area contributed by atoms with Gasteiger partial charge in [-0.05, 0) is 24.5 Å². The zero-order valence-electron chi connectivity index (χ0n) is 17.6. The lowest BCUT2D eigenvalue weighted by atomic mass is 9.87. The summed E-state index contributed by atoms with van der Waals surface area (Å²) < 4.78 is 5.62. The minimum absolute atomic E-state index is 0.0282. The van der Waals surface area contributed by atoms with Crippen molar-refractivity contribution in [3.63, 3.8) is 0 Å². The van der Waals surface area contributed by atoms with Crippen LogP contribution in [-0.2, 0) is 22.7 Å². The molecule has 0 saturated carbocycles. The van der Waals surface area contributed by atoms with E-state index in [2.05, 4.69) is 0 Å². The Morgan fingerprint density at radius 2 is 1.65 bits per heavy atom. The van der Waals surface area contributed by atoms with Crippen LogP contribution < -0.4 is 0 Å². The number of Topliss-reactive ketones (excluding diaryl/α,β-unsaturated/α-hetero) is 1. The van der Waals surface area contributed by atoms with Gasteiger partial charge in [-0.3, -0.25) is 0 Å². The van der Waals surface area contributed by atoms with E-state index in [1.165, 1.54) is 11.8 Å². The summed E-state index contributed by atoms with van der Waals surface area (Å²) in [5.41, 5.74) is 1.83. The minimum atomic E-state index is -1.01. The van der Waals surface area contributed by atoms with Crippen LogP contribution in [0.15, 0.2) is 60.7 Å². The van der Waals surface area contributed by atoms with Gasteiger partial charge in [-0.1, -0.05) is 60.7 Å². The molecule has 1 fully saturated rings. The summed E-state index contributed by atoms with van der Waals surface area (Å²) in [6.45, 7) is 2.51. The Morgan fingerprint density at radius 3 is 2.23 bits per heavy atom. The lowest BCUT2D eigenvalue weighted by molar-refractivity contribution is -0.119. The molecule has 2 amide bonds. The highest BCUT2D eigenvalue weighted by molar-refractivity contribution is 5.76. The molecule has 7 nitrogen and oxygen atoms in total. The van der Waals surface area contributed by atoms with E-state index in [0.29, 0.717) is 19.5 Å². The number of carboxylic acid groups (broad SMARTS) is 1. The second kappa shape index (κ2) is 10.6. The van der Waals surface area contributed by atoms with Crippen molar-refractivity contribution >= 4 is 18.0 Å². The number of benzene rings is 2. The van der Waals surface area contributed by atoms with E-state index in [4.69, 9.17) is 4.74 Å². The standard InChI is InChI=1S/C24H28N2O5/c1-18(27)14-21-16-25(23(28)29)13-12-22(21)26(15-19-8-4-2-5-9-19)24(30)31-17-20-10-6-3-7-11-20/h2-11,21-22H,12-17H2,1H3,(H,28,29)/t21-,22+/m0/s1. The molecule has 0 aliphatic carbocycles. The first-order chi connectivity index (χ1) is 14.9. The molecule has 0 bridgehead atoms. The molecular weight excluding hydrogens is 396 g/mol. The van der Waals surface area contributed by atoms with Crippen molar-refractivity contribution in [3.8, 4) is 0 Å². The highest BCUT2D eigenvalue weighted by atomic mass is 16.6. The van der Waals surface area contributed by atoms with E-state index in [1.54, 1.807) is 4.90 Å². The van der Waals surface area contributed by atoms with Crippen molar-refractivity contribution in [2.24, 2.45) is 5.92 Å². The summed E-state index contributed by atoms with van der Waals surface area (Å²) in [5, 5.41) is 9.41. The molecule has 1 N–H and O–H groups in total. The van der Waals surface area contributed by atoms with Gasteiger partial charge in [0.25, 0.3) is 0 Å². The average Bonchev–Trinajstić information content (AvgIpc) is 2.77. The number of likely N-dealkylation sites (tertiary alicyclic amines) is 1. The number of nitrogens with zero attached hydrogens (tertiary/aromatic N) is 2. The summed E-state index contributed by atoms with van der Waals surface area (Å²) in [5.74, 6) is -0.310. The van der Waals surface area contributed by atoms with Gasteiger partial charge < -0.3 is 24.4 Å². The maximum atomic E-state index is 13.2. The fourth-order valence-corrected chi connectivity index (χ4v) is 4.07. The number of hydrogen-bond donors (Lipinski definition) is 1. The number of amides is 2. The molecule has 3 rings (SSSR count). The molecule has 1 heterocycles. The van der Waals surface area contributed by atoms with E-state index in [1.807, 2.05) is 60.7 Å². The van der Waals surface area contributed by atoms with Gasteiger partial charge in [-0.25, -0.2) is 9.59 Å². The van der Waals surface area contributed by atoms with Crippen LogP contribution in [0.5, 0.6) is 0 Å². The summed E-state index contributed by atoms with van der Waals surface area (Å²) in [7, 11) is 0. The Balaban J connectivity index is 1.81. The van der Waals surface area contributed by atoms with Gasteiger partial charge in [0.1, 0.15) is 12.4 Å². The Morgan fingerprint density at radius 1 is 1.03 bits per heavy atom. The Kier molecular flexibility index (Phi) is 7.65. The quantitative estimate of drug-likeness (QED) is 0.721. The summed E-state index contributed by atoms with van der Waals surface area (Å²) >= 11 is 0. The third-order valence-electron chi connectivity index (χ3n) is 5.55. The lowest BCUT2D eigenvalue weighted by Crippen LogP contribution is -2.54. The fraction of sp³-hybridized carbons (Fsp3) is 0.375. The molecular formula is C24H28N2O5. The maximum Gasteiger partial charge on any atom is 0.410 e. The Labute approximate surface area is 182 Å². The van der Waals surface area contributed by atoms with Crippen molar-refractivity contribution in [3.05, 3.63) is 71.8 Å². The number of ether oxygens (including phenoxy) is 1.